The highest BCUT2D eigenvalue weighted by molar-refractivity contribution is 6.03. The van der Waals surface area contributed by atoms with E-state index in [1.807, 2.05) is 0 Å². The summed E-state index contributed by atoms with van der Waals surface area (Å²) in [6.45, 7) is 2.39. The quantitative estimate of drug-likeness (QED) is 0.754. The Morgan fingerprint density at radius 3 is 2.95 bits per heavy atom. The van der Waals surface area contributed by atoms with Gasteiger partial charge in [-0.2, -0.15) is 0 Å². The summed E-state index contributed by atoms with van der Waals surface area (Å²) in [6, 6.07) is 5.03. The van der Waals surface area contributed by atoms with Crippen LogP contribution in [0.4, 0.5) is 5.69 Å². The van der Waals surface area contributed by atoms with Crippen LogP contribution >= 0.6 is 12.4 Å². The molecule has 0 saturated heterocycles. The van der Waals surface area contributed by atoms with Gasteiger partial charge in [0.25, 0.3) is 11.8 Å². The molecule has 1 aliphatic rings. The fourth-order valence-electron chi connectivity index (χ4n) is 1.69. The van der Waals surface area contributed by atoms with Gasteiger partial charge >= 0.3 is 0 Å². The molecule has 0 bridgehead atoms. The van der Waals surface area contributed by atoms with Gasteiger partial charge in [-0.05, 0) is 19.1 Å². The summed E-state index contributed by atoms with van der Waals surface area (Å²) in [6.07, 6.45) is -0.610. The molecular weight excluding hydrogens is 270 g/mol. The molecule has 7 heteroatoms. The maximum atomic E-state index is 11.9. The van der Waals surface area contributed by atoms with Gasteiger partial charge in [0.15, 0.2) is 11.9 Å². The molecule has 104 valence electrons. The molecule has 1 heterocycles. The average molecular weight is 286 g/mol. The van der Waals surface area contributed by atoms with E-state index in [9.17, 15) is 9.59 Å². The molecule has 1 aromatic rings. The number of halogens is 1. The van der Waals surface area contributed by atoms with Gasteiger partial charge in [-0.3, -0.25) is 9.59 Å². The molecule has 4 N–H and O–H groups in total. The molecule has 0 spiro atoms. The lowest BCUT2D eigenvalue weighted by atomic mass is 10.1. The molecule has 0 aromatic heterocycles. The lowest BCUT2D eigenvalue weighted by Crippen LogP contribution is -2.36. The first-order valence-corrected chi connectivity index (χ1v) is 5.72. The molecular formula is C12H16ClN3O3. The van der Waals surface area contributed by atoms with Crippen molar-refractivity contribution in [3.63, 3.8) is 0 Å². The molecule has 6 nitrogen and oxygen atoms in total. The van der Waals surface area contributed by atoms with Gasteiger partial charge in [0.1, 0.15) is 0 Å². The van der Waals surface area contributed by atoms with Crippen LogP contribution in [0.25, 0.3) is 0 Å². The Bertz CT molecular complexity index is 493. The number of fused-ring (bicyclic) bond motifs is 1. The van der Waals surface area contributed by atoms with Gasteiger partial charge in [0, 0.05) is 13.1 Å². The highest BCUT2D eigenvalue weighted by Crippen LogP contribution is 2.33. The first-order chi connectivity index (χ1) is 8.63. The van der Waals surface area contributed by atoms with Gasteiger partial charge in [0.2, 0.25) is 0 Å². The smallest absolute Gasteiger partial charge is 0.265 e. The Kier molecular flexibility index (Phi) is 5.14. The molecule has 1 unspecified atom stereocenters. The van der Waals surface area contributed by atoms with Crippen molar-refractivity contribution in [1.82, 2.24) is 5.32 Å². The van der Waals surface area contributed by atoms with Crippen LogP contribution in [0.1, 0.15) is 17.3 Å². The largest absolute Gasteiger partial charge is 0.478 e. The lowest BCUT2D eigenvalue weighted by molar-refractivity contribution is -0.122. The highest BCUT2D eigenvalue weighted by Gasteiger charge is 2.27. The number of amides is 2. The summed E-state index contributed by atoms with van der Waals surface area (Å²) >= 11 is 0. The zero-order valence-electron chi connectivity index (χ0n) is 10.4. The second kappa shape index (κ2) is 6.40. The number of nitrogens with one attached hydrogen (secondary N) is 2. The van der Waals surface area contributed by atoms with Crippen LogP contribution in [-0.2, 0) is 4.79 Å². The topological polar surface area (TPSA) is 93.4 Å². The van der Waals surface area contributed by atoms with E-state index in [0.29, 0.717) is 30.1 Å². The summed E-state index contributed by atoms with van der Waals surface area (Å²) in [5, 5.41) is 5.36. The Morgan fingerprint density at radius 2 is 2.26 bits per heavy atom. The molecule has 0 fully saturated rings. The fraction of sp³-hybridized carbons (Fsp3) is 0.333. The number of anilines is 1. The molecule has 0 saturated carbocycles. The summed E-state index contributed by atoms with van der Waals surface area (Å²) in [5.74, 6) is -0.0817. The minimum atomic E-state index is -0.610. The molecule has 2 amide bonds. The number of hydrogen-bond donors (Lipinski definition) is 3. The van der Waals surface area contributed by atoms with Crippen molar-refractivity contribution in [3.8, 4) is 5.75 Å². The maximum Gasteiger partial charge on any atom is 0.265 e. The molecule has 1 atom stereocenters. The minimum absolute atomic E-state index is 0. The average Bonchev–Trinajstić information content (AvgIpc) is 2.36. The number of ether oxygens (including phenoxy) is 1. The molecule has 0 radical (unpaired) electrons. The second-order valence-corrected chi connectivity index (χ2v) is 3.98. The Balaban J connectivity index is 0.00000180. The summed E-state index contributed by atoms with van der Waals surface area (Å²) in [5.41, 5.74) is 6.24. The zero-order chi connectivity index (χ0) is 13.1. The Hall–Kier alpha value is -1.79. The van der Waals surface area contributed by atoms with Gasteiger partial charge < -0.3 is 21.1 Å². The summed E-state index contributed by atoms with van der Waals surface area (Å²) in [7, 11) is 0. The molecule has 1 aromatic carbocycles. The molecule has 2 rings (SSSR count). The number of benzene rings is 1. The maximum absolute atomic E-state index is 11.9. The summed E-state index contributed by atoms with van der Waals surface area (Å²) in [4.78, 5) is 23.4. The standard InChI is InChI=1S/C12H15N3O3.ClH/c1-7-11(16)15-9-4-2-3-8(10(9)18-7)12(17)14-6-5-13;/h2-4,7H,5-6,13H2,1H3,(H,14,17)(H,15,16);1H. The number of rotatable bonds is 3. The summed E-state index contributed by atoms with van der Waals surface area (Å²) < 4.78 is 5.47. The molecule has 19 heavy (non-hydrogen) atoms. The van der Waals surface area contributed by atoms with Gasteiger partial charge in [-0.15, -0.1) is 12.4 Å². The second-order valence-electron chi connectivity index (χ2n) is 3.98. The molecule has 0 aliphatic carbocycles. The van der Waals surface area contributed by atoms with E-state index in [4.69, 9.17) is 10.5 Å². The normalized spacial score (nSPS) is 16.5. The van der Waals surface area contributed by atoms with E-state index < -0.39 is 6.10 Å². The van der Waals surface area contributed by atoms with Crippen LogP contribution in [0.15, 0.2) is 18.2 Å². The fourth-order valence-corrected chi connectivity index (χ4v) is 1.69. The van der Waals surface area contributed by atoms with Crippen molar-refractivity contribution in [3.05, 3.63) is 23.8 Å². The van der Waals surface area contributed by atoms with E-state index >= 15 is 0 Å². The third-order valence-electron chi connectivity index (χ3n) is 2.61. The monoisotopic (exact) mass is 285 g/mol. The first-order valence-electron chi connectivity index (χ1n) is 5.72. The SMILES string of the molecule is CC1Oc2c(cccc2C(=O)NCCN)NC1=O.Cl. The van der Waals surface area contributed by atoms with E-state index in [-0.39, 0.29) is 24.2 Å². The lowest BCUT2D eigenvalue weighted by Gasteiger charge is -2.25. The third-order valence-corrected chi connectivity index (χ3v) is 2.61. The van der Waals surface area contributed by atoms with E-state index in [1.165, 1.54) is 0 Å². The minimum Gasteiger partial charge on any atom is -0.478 e. The highest BCUT2D eigenvalue weighted by atomic mass is 35.5. The molecule has 1 aliphatic heterocycles. The van der Waals surface area contributed by atoms with Crippen LogP contribution in [0, 0.1) is 0 Å². The van der Waals surface area contributed by atoms with Crippen molar-refractivity contribution < 1.29 is 14.3 Å². The predicted molar refractivity (Wildman–Crippen MR) is 73.8 cm³/mol. The van der Waals surface area contributed by atoms with E-state index in [2.05, 4.69) is 10.6 Å². The van der Waals surface area contributed by atoms with Crippen LogP contribution in [0.5, 0.6) is 5.75 Å². The van der Waals surface area contributed by atoms with E-state index in [1.54, 1.807) is 25.1 Å². The van der Waals surface area contributed by atoms with Crippen LogP contribution in [0.2, 0.25) is 0 Å². The van der Waals surface area contributed by atoms with Crippen LogP contribution in [0.3, 0.4) is 0 Å². The van der Waals surface area contributed by atoms with Crippen LogP contribution < -0.4 is 21.1 Å². The van der Waals surface area contributed by atoms with Crippen molar-refractivity contribution in [2.24, 2.45) is 5.73 Å². The van der Waals surface area contributed by atoms with Gasteiger partial charge in [-0.1, -0.05) is 6.07 Å². The Labute approximate surface area is 117 Å². The predicted octanol–water partition coefficient (Wildman–Crippen LogP) is 0.516. The Morgan fingerprint density at radius 1 is 1.53 bits per heavy atom. The number of nitrogens with two attached hydrogens (primary N) is 1. The first kappa shape index (κ1) is 15.3. The number of carbonyl (C=O) groups excluding carboxylic acids is 2. The number of para-hydroxylation sites is 1. The van der Waals surface area contributed by atoms with Crippen molar-refractivity contribution in [2.75, 3.05) is 18.4 Å². The van der Waals surface area contributed by atoms with Gasteiger partial charge in [-0.25, -0.2) is 0 Å². The van der Waals surface area contributed by atoms with Crippen molar-refractivity contribution in [1.29, 1.82) is 0 Å². The van der Waals surface area contributed by atoms with Crippen molar-refractivity contribution >= 4 is 29.9 Å². The van der Waals surface area contributed by atoms with Crippen LogP contribution in [-0.4, -0.2) is 31.0 Å². The van der Waals surface area contributed by atoms with Gasteiger partial charge in [0.05, 0.1) is 11.3 Å². The third kappa shape index (κ3) is 3.15. The van der Waals surface area contributed by atoms with E-state index in [0.717, 1.165) is 0 Å². The number of hydrogen-bond acceptors (Lipinski definition) is 4. The zero-order valence-corrected chi connectivity index (χ0v) is 11.3. The number of carbonyl (C=O) groups is 2. The van der Waals surface area contributed by atoms with Crippen molar-refractivity contribution in [2.45, 2.75) is 13.0 Å².